The third kappa shape index (κ3) is 4.74. The molecule has 0 aromatic carbocycles. The van der Waals surface area contributed by atoms with Gasteiger partial charge in [-0.15, -0.1) is 0 Å². The summed E-state index contributed by atoms with van der Waals surface area (Å²) in [6, 6.07) is 0. The Bertz CT molecular complexity index is 900. The molecular formula is C20H27ClN4O5. The third-order valence-corrected chi connectivity index (χ3v) is 5.14. The predicted octanol–water partition coefficient (Wildman–Crippen LogP) is 3.21. The van der Waals surface area contributed by atoms with Crippen LogP contribution in [0.2, 0.25) is 5.28 Å². The van der Waals surface area contributed by atoms with E-state index < -0.39 is 12.1 Å². The molecule has 0 bridgehead atoms. The van der Waals surface area contributed by atoms with E-state index in [-0.39, 0.29) is 42.5 Å². The molecule has 0 radical (unpaired) electrons. The van der Waals surface area contributed by atoms with Gasteiger partial charge in [0.15, 0.2) is 5.65 Å². The maximum Gasteiger partial charge on any atom is 0.343 e. The van der Waals surface area contributed by atoms with Crippen LogP contribution in [0.25, 0.3) is 11.2 Å². The molecule has 0 N–H and O–H groups in total. The van der Waals surface area contributed by atoms with Crippen molar-refractivity contribution in [2.45, 2.75) is 52.6 Å². The fourth-order valence-corrected chi connectivity index (χ4v) is 3.65. The summed E-state index contributed by atoms with van der Waals surface area (Å²) in [4.78, 5) is 25.1. The first-order valence-corrected chi connectivity index (χ1v) is 10.3. The first kappa shape index (κ1) is 22.5. The van der Waals surface area contributed by atoms with Crippen LogP contribution in [-0.4, -0.2) is 57.5 Å². The summed E-state index contributed by atoms with van der Waals surface area (Å²) < 4.78 is 24.3. The number of hydrogen-bond donors (Lipinski definition) is 0. The lowest BCUT2D eigenvalue weighted by atomic mass is 10.0. The van der Waals surface area contributed by atoms with Crippen LogP contribution in [0.1, 0.15) is 39.1 Å². The zero-order valence-electron chi connectivity index (χ0n) is 17.6. The normalized spacial score (nSPS) is 22.2. The lowest BCUT2D eigenvalue weighted by Gasteiger charge is -2.22. The van der Waals surface area contributed by atoms with Gasteiger partial charge in [-0.3, -0.25) is 4.57 Å². The molecule has 1 aliphatic rings. The van der Waals surface area contributed by atoms with Crippen LogP contribution in [0.3, 0.4) is 0 Å². The molecule has 3 rings (SSSR count). The molecule has 1 aliphatic heterocycles. The van der Waals surface area contributed by atoms with Gasteiger partial charge in [-0.1, -0.05) is 13.5 Å². The number of carbonyl (C=O) groups excluding carboxylic acids is 1. The molecule has 0 aliphatic carbocycles. The molecule has 30 heavy (non-hydrogen) atoms. The van der Waals surface area contributed by atoms with Gasteiger partial charge in [-0.25, -0.2) is 14.8 Å². The second-order valence-electron chi connectivity index (χ2n) is 7.11. The number of nitrogens with zero attached hydrogens (tertiary/aromatic N) is 4. The molecule has 2 aromatic rings. The van der Waals surface area contributed by atoms with Crippen molar-refractivity contribution in [3.05, 3.63) is 29.6 Å². The average Bonchev–Trinajstić information content (AvgIpc) is 3.26. The zero-order chi connectivity index (χ0) is 21.8. The standard InChI is InChI=1S/C20H27ClN4O5/c1-6-27-13(5)17(19(26)28-7-2)29-9-14-11(3)8-15(30-14)25-10-22-16-12(4)23-20(21)24-18(16)25/h10-11,14-15,17H,5-9H2,1-4H3/t11-,14-,15-,17?/m1/s1. The van der Waals surface area contributed by atoms with Crippen LogP contribution >= 0.6 is 11.6 Å². The summed E-state index contributed by atoms with van der Waals surface area (Å²) >= 11 is 6.02. The van der Waals surface area contributed by atoms with Crippen molar-refractivity contribution in [2.75, 3.05) is 19.8 Å². The van der Waals surface area contributed by atoms with Gasteiger partial charge >= 0.3 is 5.97 Å². The number of ether oxygens (including phenoxy) is 4. The second kappa shape index (κ2) is 9.72. The molecule has 2 aromatic heterocycles. The van der Waals surface area contributed by atoms with E-state index in [0.29, 0.717) is 23.5 Å². The molecule has 1 saturated heterocycles. The molecular weight excluding hydrogens is 412 g/mol. The summed E-state index contributed by atoms with van der Waals surface area (Å²) in [5, 5.41) is 0.166. The minimum atomic E-state index is -0.997. The van der Waals surface area contributed by atoms with Gasteiger partial charge in [0.1, 0.15) is 17.5 Å². The first-order valence-electron chi connectivity index (χ1n) is 9.97. The number of fused-ring (bicyclic) bond motifs is 1. The minimum Gasteiger partial charge on any atom is -0.495 e. The maximum absolute atomic E-state index is 12.2. The van der Waals surface area contributed by atoms with Crippen molar-refractivity contribution in [3.63, 3.8) is 0 Å². The maximum atomic E-state index is 12.2. The molecule has 3 heterocycles. The number of aromatic nitrogens is 4. The lowest BCUT2D eigenvalue weighted by molar-refractivity contribution is -0.159. The van der Waals surface area contributed by atoms with E-state index in [2.05, 4.69) is 28.5 Å². The Morgan fingerprint density at radius 2 is 2.10 bits per heavy atom. The van der Waals surface area contributed by atoms with E-state index >= 15 is 0 Å². The summed E-state index contributed by atoms with van der Waals surface area (Å²) in [6.07, 6.45) is 0.901. The van der Waals surface area contributed by atoms with E-state index in [4.69, 9.17) is 30.5 Å². The molecule has 164 valence electrons. The monoisotopic (exact) mass is 438 g/mol. The zero-order valence-corrected chi connectivity index (χ0v) is 18.4. The SMILES string of the molecule is C=C(OCC)C(OC[C@H]1O[C@@H](n2cnc3c(C)nc(Cl)nc32)C[C@H]1C)C(=O)OCC. The third-order valence-electron chi connectivity index (χ3n) is 4.97. The minimum absolute atomic E-state index is 0.166. The van der Waals surface area contributed by atoms with E-state index in [1.165, 1.54) is 0 Å². The van der Waals surface area contributed by atoms with Crippen molar-refractivity contribution >= 4 is 28.7 Å². The van der Waals surface area contributed by atoms with Crippen LogP contribution in [0.4, 0.5) is 0 Å². The average molecular weight is 439 g/mol. The van der Waals surface area contributed by atoms with Crippen LogP contribution < -0.4 is 0 Å². The molecule has 9 nitrogen and oxygen atoms in total. The molecule has 1 fully saturated rings. The Morgan fingerprint density at radius 3 is 2.80 bits per heavy atom. The molecule has 0 amide bonds. The highest BCUT2D eigenvalue weighted by Gasteiger charge is 2.36. The van der Waals surface area contributed by atoms with E-state index in [1.807, 2.05) is 18.4 Å². The van der Waals surface area contributed by atoms with Crippen LogP contribution in [0, 0.1) is 12.8 Å². The Kier molecular flexibility index (Phi) is 7.27. The number of imidazole rings is 1. The number of halogens is 1. The van der Waals surface area contributed by atoms with Crippen molar-refractivity contribution in [1.82, 2.24) is 19.5 Å². The number of aryl methyl sites for hydroxylation is 1. The smallest absolute Gasteiger partial charge is 0.343 e. The molecule has 10 heteroatoms. The highest BCUT2D eigenvalue weighted by molar-refractivity contribution is 6.28. The quantitative estimate of drug-likeness (QED) is 0.334. The fourth-order valence-electron chi connectivity index (χ4n) is 3.44. The van der Waals surface area contributed by atoms with E-state index in [9.17, 15) is 4.79 Å². The molecule has 0 saturated carbocycles. The van der Waals surface area contributed by atoms with Crippen molar-refractivity contribution < 1.29 is 23.7 Å². The summed E-state index contributed by atoms with van der Waals surface area (Å²) in [6.45, 7) is 12.1. The van der Waals surface area contributed by atoms with Crippen molar-refractivity contribution in [2.24, 2.45) is 5.92 Å². The lowest BCUT2D eigenvalue weighted by Crippen LogP contribution is -2.33. The van der Waals surface area contributed by atoms with Gasteiger partial charge in [0.2, 0.25) is 11.4 Å². The van der Waals surface area contributed by atoms with Gasteiger partial charge in [0.25, 0.3) is 0 Å². The Morgan fingerprint density at radius 1 is 1.37 bits per heavy atom. The molecule has 4 atom stereocenters. The van der Waals surface area contributed by atoms with Crippen molar-refractivity contribution in [3.8, 4) is 0 Å². The summed E-state index contributed by atoms with van der Waals surface area (Å²) in [7, 11) is 0. The van der Waals surface area contributed by atoms with Gasteiger partial charge < -0.3 is 18.9 Å². The van der Waals surface area contributed by atoms with Gasteiger partial charge in [-0.2, -0.15) is 4.98 Å². The van der Waals surface area contributed by atoms with Crippen LogP contribution in [0.15, 0.2) is 18.7 Å². The van der Waals surface area contributed by atoms with E-state index in [1.54, 1.807) is 13.3 Å². The molecule has 0 spiro atoms. The number of hydrogen-bond acceptors (Lipinski definition) is 8. The predicted molar refractivity (Wildman–Crippen MR) is 110 cm³/mol. The topological polar surface area (TPSA) is 97.6 Å². The molecule has 1 unspecified atom stereocenters. The fraction of sp³-hybridized carbons (Fsp3) is 0.600. The Labute approximate surface area is 180 Å². The highest BCUT2D eigenvalue weighted by Crippen LogP contribution is 2.35. The van der Waals surface area contributed by atoms with Gasteiger partial charge in [-0.05, 0) is 44.7 Å². The largest absolute Gasteiger partial charge is 0.495 e. The Hall–Kier alpha value is -2.23. The van der Waals surface area contributed by atoms with Gasteiger partial charge in [0.05, 0.1) is 37.9 Å². The first-order chi connectivity index (χ1) is 14.3. The Balaban J connectivity index is 1.70. The van der Waals surface area contributed by atoms with Crippen LogP contribution in [0.5, 0.6) is 0 Å². The van der Waals surface area contributed by atoms with Gasteiger partial charge in [0, 0.05) is 0 Å². The number of esters is 1. The second-order valence-corrected chi connectivity index (χ2v) is 7.45. The van der Waals surface area contributed by atoms with E-state index in [0.717, 1.165) is 6.42 Å². The summed E-state index contributed by atoms with van der Waals surface area (Å²) in [5.41, 5.74) is 2.02. The highest BCUT2D eigenvalue weighted by atomic mass is 35.5. The number of rotatable bonds is 9. The summed E-state index contributed by atoms with van der Waals surface area (Å²) in [5.74, 6) is -0.129. The number of carbonyl (C=O) groups is 1. The van der Waals surface area contributed by atoms with Crippen LogP contribution in [-0.2, 0) is 23.7 Å². The van der Waals surface area contributed by atoms with Crippen molar-refractivity contribution in [1.29, 1.82) is 0 Å².